The molecule has 0 radical (unpaired) electrons. The van der Waals surface area contributed by atoms with E-state index >= 15 is 0 Å². The molecule has 0 aliphatic carbocycles. The number of benzene rings is 2. The van der Waals surface area contributed by atoms with E-state index in [1.807, 2.05) is 0 Å². The second-order valence-corrected chi connectivity index (χ2v) is 9.89. The highest BCUT2D eigenvalue weighted by Crippen LogP contribution is 2.31. The number of H-pyrrole nitrogens is 1. The second kappa shape index (κ2) is 10.7. The number of nitrogens with zero attached hydrogens (tertiary/aromatic N) is 2. The molecule has 2 bridgehead atoms. The lowest BCUT2D eigenvalue weighted by Crippen LogP contribution is -2.55. The van der Waals surface area contributed by atoms with Crippen LogP contribution in [0, 0.1) is 17.7 Å². The summed E-state index contributed by atoms with van der Waals surface area (Å²) in [5, 5.41) is 6.76. The van der Waals surface area contributed by atoms with Gasteiger partial charge in [0.1, 0.15) is 11.6 Å². The number of aromatic amines is 1. The largest absolute Gasteiger partial charge is 0.356 e. The Morgan fingerprint density at radius 3 is 2.94 bits per heavy atom. The van der Waals surface area contributed by atoms with Crippen LogP contribution in [0.5, 0.6) is 0 Å². The van der Waals surface area contributed by atoms with E-state index in [4.69, 9.17) is 0 Å². The predicted octanol–water partition coefficient (Wildman–Crippen LogP) is 3.64. The SMILES string of the molecule is O=C(CCC[C@H]1NC[C@@H]2C[C@@H]1CN(Cc1ccccc1)C2)NCCc1nc2ccc(F)cc2[nH]1. The van der Waals surface area contributed by atoms with Crippen LogP contribution in [0.1, 0.15) is 37.1 Å². The minimum atomic E-state index is -0.281. The van der Waals surface area contributed by atoms with Gasteiger partial charge in [0, 0.05) is 45.1 Å². The van der Waals surface area contributed by atoms with E-state index in [0.29, 0.717) is 36.9 Å². The lowest BCUT2D eigenvalue weighted by Gasteiger charge is -2.46. The number of carbonyl (C=O) groups is 1. The van der Waals surface area contributed by atoms with Gasteiger partial charge in [-0.25, -0.2) is 9.37 Å². The number of imidazole rings is 1. The minimum absolute atomic E-state index is 0.0881. The van der Waals surface area contributed by atoms with Crippen molar-refractivity contribution in [2.75, 3.05) is 26.2 Å². The van der Waals surface area contributed by atoms with Crippen LogP contribution in [-0.2, 0) is 17.8 Å². The van der Waals surface area contributed by atoms with Gasteiger partial charge in [-0.2, -0.15) is 0 Å². The number of carbonyl (C=O) groups excluding carboxylic acids is 1. The van der Waals surface area contributed by atoms with Crippen molar-refractivity contribution in [1.82, 2.24) is 25.5 Å². The summed E-state index contributed by atoms with van der Waals surface area (Å²) in [5.74, 6) is 1.97. The molecule has 3 heterocycles. The molecule has 0 unspecified atom stereocenters. The van der Waals surface area contributed by atoms with Gasteiger partial charge in [-0.05, 0) is 61.4 Å². The van der Waals surface area contributed by atoms with E-state index in [-0.39, 0.29) is 11.7 Å². The molecule has 3 N–H and O–H groups in total. The van der Waals surface area contributed by atoms with E-state index in [9.17, 15) is 9.18 Å². The van der Waals surface area contributed by atoms with Crippen LogP contribution in [0.2, 0.25) is 0 Å². The zero-order chi connectivity index (χ0) is 23.3. The Morgan fingerprint density at radius 2 is 2.06 bits per heavy atom. The quantitative estimate of drug-likeness (QED) is 0.453. The van der Waals surface area contributed by atoms with Crippen molar-refractivity contribution in [2.24, 2.45) is 11.8 Å². The third-order valence-corrected chi connectivity index (χ3v) is 7.23. The van der Waals surface area contributed by atoms with Gasteiger partial charge in [0.2, 0.25) is 5.91 Å². The Morgan fingerprint density at radius 1 is 1.18 bits per heavy atom. The van der Waals surface area contributed by atoms with E-state index in [0.717, 1.165) is 49.7 Å². The molecule has 2 aliphatic heterocycles. The third-order valence-electron chi connectivity index (χ3n) is 7.23. The molecule has 34 heavy (non-hydrogen) atoms. The summed E-state index contributed by atoms with van der Waals surface area (Å²) in [7, 11) is 0. The van der Waals surface area contributed by atoms with Gasteiger partial charge < -0.3 is 15.6 Å². The van der Waals surface area contributed by atoms with Gasteiger partial charge in [0.15, 0.2) is 0 Å². The first kappa shape index (κ1) is 23.0. The van der Waals surface area contributed by atoms with Crippen molar-refractivity contribution in [3.8, 4) is 0 Å². The fourth-order valence-electron chi connectivity index (χ4n) is 5.63. The maximum atomic E-state index is 13.3. The fourth-order valence-corrected chi connectivity index (χ4v) is 5.63. The lowest BCUT2D eigenvalue weighted by atomic mass is 9.79. The summed E-state index contributed by atoms with van der Waals surface area (Å²) in [4.78, 5) is 22.5. The molecule has 2 aromatic carbocycles. The molecule has 1 aromatic heterocycles. The Kier molecular flexibility index (Phi) is 7.21. The van der Waals surface area contributed by atoms with E-state index in [1.54, 1.807) is 6.07 Å². The van der Waals surface area contributed by atoms with Gasteiger partial charge in [-0.15, -0.1) is 0 Å². The summed E-state index contributed by atoms with van der Waals surface area (Å²) in [6.07, 6.45) is 4.39. The van der Waals surface area contributed by atoms with Crippen LogP contribution in [-0.4, -0.2) is 53.0 Å². The molecule has 2 fully saturated rings. The number of fused-ring (bicyclic) bond motifs is 3. The fraction of sp³-hybridized carbons (Fsp3) is 0.481. The normalized spacial score (nSPS) is 22.7. The number of piperidine rings is 2. The number of aromatic nitrogens is 2. The number of hydrogen-bond donors (Lipinski definition) is 3. The van der Waals surface area contributed by atoms with Gasteiger partial charge >= 0.3 is 0 Å². The molecule has 6 nitrogen and oxygen atoms in total. The summed E-state index contributed by atoms with van der Waals surface area (Å²) in [6.45, 7) is 4.95. The van der Waals surface area contributed by atoms with Crippen LogP contribution in [0.4, 0.5) is 4.39 Å². The highest BCUT2D eigenvalue weighted by atomic mass is 19.1. The minimum Gasteiger partial charge on any atom is -0.356 e. The standard InChI is InChI=1S/C27H34FN5O/c28-22-9-10-24-25(14-22)32-26(31-24)11-12-29-27(34)8-4-7-23-21-13-20(15-30-23)17-33(18-21)16-19-5-2-1-3-6-19/h1-3,5-6,9-10,14,20-21,23,30H,4,7-8,11-13,15-18H2,(H,29,34)(H,31,32)/t20-,21+,23+/m0/s1. The lowest BCUT2D eigenvalue weighted by molar-refractivity contribution is -0.121. The van der Waals surface area contributed by atoms with Gasteiger partial charge in [0.25, 0.3) is 0 Å². The van der Waals surface area contributed by atoms with Crippen molar-refractivity contribution < 1.29 is 9.18 Å². The van der Waals surface area contributed by atoms with Crippen molar-refractivity contribution >= 4 is 16.9 Å². The molecule has 0 saturated carbocycles. The van der Waals surface area contributed by atoms with Crippen molar-refractivity contribution in [1.29, 1.82) is 0 Å². The highest BCUT2D eigenvalue weighted by molar-refractivity contribution is 5.76. The van der Waals surface area contributed by atoms with Crippen molar-refractivity contribution in [2.45, 2.75) is 44.7 Å². The van der Waals surface area contributed by atoms with Gasteiger partial charge in [-0.3, -0.25) is 9.69 Å². The highest BCUT2D eigenvalue weighted by Gasteiger charge is 2.36. The summed E-state index contributed by atoms with van der Waals surface area (Å²) in [5.41, 5.74) is 2.82. The van der Waals surface area contributed by atoms with Crippen LogP contribution in [0.3, 0.4) is 0 Å². The van der Waals surface area contributed by atoms with Crippen molar-refractivity contribution in [3.05, 3.63) is 65.7 Å². The third kappa shape index (κ3) is 5.83. The Labute approximate surface area is 200 Å². The van der Waals surface area contributed by atoms with Gasteiger partial charge in [-0.1, -0.05) is 30.3 Å². The number of nitrogens with one attached hydrogen (secondary N) is 3. The van der Waals surface area contributed by atoms with Gasteiger partial charge in [0.05, 0.1) is 11.0 Å². The molecule has 7 heteroatoms. The first-order valence-electron chi connectivity index (χ1n) is 12.5. The monoisotopic (exact) mass is 463 g/mol. The zero-order valence-corrected chi connectivity index (χ0v) is 19.6. The average molecular weight is 464 g/mol. The number of amides is 1. The summed E-state index contributed by atoms with van der Waals surface area (Å²) < 4.78 is 13.3. The molecule has 1 amide bonds. The maximum Gasteiger partial charge on any atom is 0.220 e. The molecule has 5 rings (SSSR count). The zero-order valence-electron chi connectivity index (χ0n) is 19.6. The molecule has 2 saturated heterocycles. The smallest absolute Gasteiger partial charge is 0.220 e. The summed E-state index contributed by atoms with van der Waals surface area (Å²) in [6, 6.07) is 15.8. The second-order valence-electron chi connectivity index (χ2n) is 9.89. The van der Waals surface area contributed by atoms with Crippen LogP contribution in [0.15, 0.2) is 48.5 Å². The maximum absolute atomic E-state index is 13.3. The predicted molar refractivity (Wildman–Crippen MR) is 132 cm³/mol. The Hall–Kier alpha value is -2.77. The van der Waals surface area contributed by atoms with E-state index in [2.05, 4.69) is 55.8 Å². The molecule has 0 spiro atoms. The molecule has 3 aromatic rings. The Bertz CT molecular complexity index is 1100. The van der Waals surface area contributed by atoms with Crippen LogP contribution in [0.25, 0.3) is 11.0 Å². The van der Waals surface area contributed by atoms with Crippen LogP contribution < -0.4 is 10.6 Å². The first-order chi connectivity index (χ1) is 16.6. The van der Waals surface area contributed by atoms with E-state index in [1.165, 1.54) is 30.7 Å². The number of rotatable bonds is 9. The molecule has 180 valence electrons. The molecule has 3 atom stereocenters. The molecule has 2 aliphatic rings. The number of hydrogen-bond acceptors (Lipinski definition) is 4. The number of likely N-dealkylation sites (tertiary alicyclic amines) is 1. The average Bonchev–Trinajstić information content (AvgIpc) is 3.23. The first-order valence-corrected chi connectivity index (χ1v) is 12.5. The van der Waals surface area contributed by atoms with E-state index < -0.39 is 0 Å². The summed E-state index contributed by atoms with van der Waals surface area (Å²) >= 11 is 0. The molecular formula is C27H34FN5O. The Balaban J connectivity index is 1.02. The molecular weight excluding hydrogens is 429 g/mol. The number of halogens is 1. The van der Waals surface area contributed by atoms with Crippen LogP contribution >= 0.6 is 0 Å². The van der Waals surface area contributed by atoms with Crippen molar-refractivity contribution in [3.63, 3.8) is 0 Å². The topological polar surface area (TPSA) is 73.1 Å².